The smallest absolute Gasteiger partial charge is 0.415 e. The Morgan fingerprint density at radius 3 is 1.85 bits per heavy atom. The summed E-state index contributed by atoms with van der Waals surface area (Å²) in [4.78, 5) is 62.5. The van der Waals surface area contributed by atoms with Crippen molar-refractivity contribution in [3.8, 4) is 0 Å². The molecule has 1 saturated carbocycles. The molecule has 0 bridgehead atoms. The summed E-state index contributed by atoms with van der Waals surface area (Å²) in [7, 11) is 1.34. The second kappa shape index (κ2) is 17.0. The number of para-hydroxylation sites is 1. The van der Waals surface area contributed by atoms with Gasteiger partial charge in [-0.2, -0.15) is 0 Å². The summed E-state index contributed by atoms with van der Waals surface area (Å²) in [5, 5.41) is 0. The monoisotopic (exact) mass is 719 g/mol. The Kier molecular flexibility index (Phi) is 11.8. The molecule has 7 rings (SSSR count). The van der Waals surface area contributed by atoms with Gasteiger partial charge in [-0.15, -0.1) is 0 Å². The second-order valence-corrected chi connectivity index (χ2v) is 15.2. The number of carbonyl (C=O) groups is 4. The van der Waals surface area contributed by atoms with Gasteiger partial charge in [-0.1, -0.05) is 118 Å². The van der Waals surface area contributed by atoms with Crippen LogP contribution in [-0.2, 0) is 43.2 Å². The Bertz CT molecular complexity index is 1750. The Labute approximate surface area is 313 Å². The van der Waals surface area contributed by atoms with E-state index in [-0.39, 0.29) is 30.5 Å². The van der Waals surface area contributed by atoms with Crippen molar-refractivity contribution in [1.29, 1.82) is 0 Å². The molecule has 0 unspecified atom stereocenters. The summed E-state index contributed by atoms with van der Waals surface area (Å²) >= 11 is 0. The van der Waals surface area contributed by atoms with E-state index in [0.29, 0.717) is 31.4 Å². The summed E-state index contributed by atoms with van der Waals surface area (Å²) < 4.78 is 11.5. The van der Waals surface area contributed by atoms with Gasteiger partial charge in [0.1, 0.15) is 24.2 Å². The van der Waals surface area contributed by atoms with Crippen LogP contribution >= 0.6 is 0 Å². The van der Waals surface area contributed by atoms with Crippen molar-refractivity contribution in [2.24, 2.45) is 0 Å². The van der Waals surface area contributed by atoms with E-state index in [1.807, 2.05) is 78.9 Å². The minimum atomic E-state index is -0.871. The lowest BCUT2D eigenvalue weighted by molar-refractivity contribution is -0.157. The Balaban J connectivity index is 1.19. The second-order valence-electron chi connectivity index (χ2n) is 15.2. The molecule has 3 amide bonds. The highest BCUT2D eigenvalue weighted by molar-refractivity contribution is 6.02. The molecule has 0 spiro atoms. The minimum Gasteiger partial charge on any atom is -0.467 e. The third-order valence-electron chi connectivity index (χ3n) is 11.9. The summed E-state index contributed by atoms with van der Waals surface area (Å²) in [6.45, 7) is 0.248. The molecule has 1 aliphatic carbocycles. The van der Waals surface area contributed by atoms with Crippen LogP contribution in [-0.4, -0.2) is 65.0 Å². The molecular weight excluding hydrogens is 666 g/mol. The Hall–Kier alpha value is -4.66. The van der Waals surface area contributed by atoms with Crippen molar-refractivity contribution in [3.05, 3.63) is 101 Å². The Morgan fingerprint density at radius 2 is 1.17 bits per heavy atom. The van der Waals surface area contributed by atoms with Crippen LogP contribution in [0, 0.1) is 0 Å². The molecule has 9 nitrogen and oxygen atoms in total. The van der Waals surface area contributed by atoms with Gasteiger partial charge in [-0.05, 0) is 66.8 Å². The SMILES string of the molecule is COC(=O)[C@H]1Cc2ccccc2CN1C(=O)[C@H]1CC[C@@H](c2ccccc2)N1C(=O)[C@H]1Cc2ccccc2N1C(=O)OC1CCCCCCCCCCC1. The fraction of sp³-hybridized carbons (Fsp3) is 0.500. The molecule has 4 aliphatic rings. The van der Waals surface area contributed by atoms with Gasteiger partial charge in [-0.25, -0.2) is 9.59 Å². The number of carbonyl (C=O) groups excluding carboxylic acids is 4. The number of anilines is 1. The van der Waals surface area contributed by atoms with E-state index in [1.54, 1.807) is 14.7 Å². The number of hydrogen-bond donors (Lipinski definition) is 0. The van der Waals surface area contributed by atoms with Crippen molar-refractivity contribution in [1.82, 2.24) is 9.80 Å². The zero-order valence-corrected chi connectivity index (χ0v) is 31.0. The molecule has 9 heteroatoms. The normalized spacial score (nSPS) is 24.0. The summed E-state index contributed by atoms with van der Waals surface area (Å²) in [5.41, 5.74) is 4.50. The molecule has 3 aromatic carbocycles. The molecule has 0 N–H and O–H groups in total. The number of likely N-dealkylation sites (tertiary alicyclic amines) is 1. The van der Waals surface area contributed by atoms with Crippen LogP contribution in [0.2, 0.25) is 0 Å². The van der Waals surface area contributed by atoms with E-state index in [4.69, 9.17) is 9.47 Å². The maximum Gasteiger partial charge on any atom is 0.415 e. The Morgan fingerprint density at radius 1 is 0.585 bits per heavy atom. The van der Waals surface area contributed by atoms with Gasteiger partial charge in [0.25, 0.3) is 0 Å². The third kappa shape index (κ3) is 7.99. The summed E-state index contributed by atoms with van der Waals surface area (Å²) in [5.74, 6) is -1.04. The highest BCUT2D eigenvalue weighted by Gasteiger charge is 2.50. The zero-order chi connectivity index (χ0) is 36.7. The van der Waals surface area contributed by atoms with Crippen LogP contribution in [0.3, 0.4) is 0 Å². The molecule has 0 radical (unpaired) electrons. The van der Waals surface area contributed by atoms with Crippen LogP contribution in [0.4, 0.5) is 10.5 Å². The predicted octanol–water partition coefficient (Wildman–Crippen LogP) is 8.09. The van der Waals surface area contributed by atoms with Gasteiger partial charge in [0.05, 0.1) is 18.8 Å². The van der Waals surface area contributed by atoms with E-state index in [2.05, 4.69) is 0 Å². The molecule has 2 fully saturated rings. The number of hydrogen-bond acceptors (Lipinski definition) is 6. The average Bonchev–Trinajstić information content (AvgIpc) is 3.81. The van der Waals surface area contributed by atoms with E-state index >= 15 is 4.79 Å². The number of fused-ring (bicyclic) bond motifs is 2. The topological polar surface area (TPSA) is 96.5 Å². The fourth-order valence-electron chi connectivity index (χ4n) is 9.08. The van der Waals surface area contributed by atoms with Crippen LogP contribution in [0.1, 0.15) is 112 Å². The first-order valence-corrected chi connectivity index (χ1v) is 19.8. The minimum absolute atomic E-state index is 0.208. The summed E-state index contributed by atoms with van der Waals surface area (Å²) in [6, 6.07) is 22.4. The third-order valence-corrected chi connectivity index (χ3v) is 11.9. The number of rotatable bonds is 5. The van der Waals surface area contributed by atoms with Crippen molar-refractivity contribution < 1.29 is 28.7 Å². The molecule has 280 valence electrons. The molecule has 3 aromatic rings. The maximum atomic E-state index is 15.2. The molecule has 0 aromatic heterocycles. The van der Waals surface area contributed by atoms with Crippen molar-refractivity contribution >= 4 is 29.6 Å². The predicted molar refractivity (Wildman–Crippen MR) is 203 cm³/mol. The van der Waals surface area contributed by atoms with Crippen molar-refractivity contribution in [2.45, 2.75) is 133 Å². The number of esters is 1. The first-order chi connectivity index (χ1) is 25.9. The maximum absolute atomic E-state index is 15.2. The lowest BCUT2D eigenvalue weighted by atomic mass is 9.93. The van der Waals surface area contributed by atoms with Gasteiger partial charge in [0, 0.05) is 19.4 Å². The first-order valence-electron chi connectivity index (χ1n) is 19.8. The molecule has 53 heavy (non-hydrogen) atoms. The number of nitrogens with zero attached hydrogens (tertiary/aromatic N) is 3. The van der Waals surface area contributed by atoms with Crippen LogP contribution in [0.5, 0.6) is 0 Å². The van der Waals surface area contributed by atoms with E-state index < -0.39 is 30.2 Å². The zero-order valence-electron chi connectivity index (χ0n) is 31.0. The number of ether oxygens (including phenoxy) is 2. The highest BCUT2D eigenvalue weighted by atomic mass is 16.6. The summed E-state index contributed by atoms with van der Waals surface area (Å²) in [6.07, 6.45) is 13.1. The van der Waals surface area contributed by atoms with Crippen molar-refractivity contribution in [3.63, 3.8) is 0 Å². The first kappa shape index (κ1) is 36.7. The fourth-order valence-corrected chi connectivity index (χ4v) is 9.08. The molecule has 3 heterocycles. The standard InChI is InChI=1S/C44H53N3O6/c1-52-43(50)40-28-32-20-14-15-22-34(32)30-45(40)41(48)38-27-26-37(31-18-10-9-11-19-31)46(38)42(49)39-29-33-21-16-17-25-36(33)47(39)44(51)53-35-23-12-7-5-3-2-4-6-8-13-24-35/h9-11,14-22,25,35,37-40H,2-8,12-13,23-24,26-30H2,1H3/t37-,38+,39+,40+/m0/s1. The quantitative estimate of drug-likeness (QED) is 0.248. The van der Waals surface area contributed by atoms with E-state index in [1.165, 1.54) is 39.2 Å². The molecular formula is C44H53N3O6. The van der Waals surface area contributed by atoms with Crippen LogP contribution in [0.25, 0.3) is 0 Å². The highest BCUT2D eigenvalue weighted by Crippen LogP contribution is 2.42. The van der Waals surface area contributed by atoms with Crippen LogP contribution < -0.4 is 4.90 Å². The number of benzene rings is 3. The number of methoxy groups -OCH3 is 1. The van der Waals surface area contributed by atoms with Gasteiger partial charge in [0.15, 0.2) is 0 Å². The molecule has 3 aliphatic heterocycles. The average molecular weight is 720 g/mol. The largest absolute Gasteiger partial charge is 0.467 e. The lowest BCUT2D eigenvalue weighted by Gasteiger charge is -2.40. The van der Waals surface area contributed by atoms with E-state index in [9.17, 15) is 14.4 Å². The van der Waals surface area contributed by atoms with Crippen LogP contribution in [0.15, 0.2) is 78.9 Å². The number of amides is 3. The molecule has 4 atom stereocenters. The van der Waals surface area contributed by atoms with Gasteiger partial charge >= 0.3 is 12.1 Å². The van der Waals surface area contributed by atoms with E-state index in [0.717, 1.165) is 60.8 Å². The molecule has 1 saturated heterocycles. The lowest BCUT2D eigenvalue weighted by Crippen LogP contribution is -2.58. The van der Waals surface area contributed by atoms with Gasteiger partial charge < -0.3 is 19.3 Å². The van der Waals surface area contributed by atoms with Gasteiger partial charge in [-0.3, -0.25) is 14.5 Å². The van der Waals surface area contributed by atoms with Crippen molar-refractivity contribution in [2.75, 3.05) is 12.0 Å². The van der Waals surface area contributed by atoms with Gasteiger partial charge in [0.2, 0.25) is 11.8 Å².